The Hall–Kier alpha value is -2.49. The van der Waals surface area contributed by atoms with Crippen LogP contribution in [0.2, 0.25) is 0 Å². The van der Waals surface area contributed by atoms with Crippen molar-refractivity contribution in [1.29, 1.82) is 0 Å². The van der Waals surface area contributed by atoms with Crippen LogP contribution >= 0.6 is 0 Å². The zero-order valence-corrected chi connectivity index (χ0v) is 9.79. The molecule has 4 heteroatoms. The minimum absolute atomic E-state index is 0.379. The maximum Gasteiger partial charge on any atom is 0.337 e. The van der Waals surface area contributed by atoms with Crippen molar-refractivity contribution in [2.24, 2.45) is 0 Å². The maximum atomic E-state index is 11.3. The Morgan fingerprint density at radius 1 is 1.17 bits per heavy atom. The molecule has 0 aliphatic carbocycles. The molecule has 0 saturated heterocycles. The van der Waals surface area contributed by atoms with Crippen LogP contribution in [-0.2, 0) is 4.74 Å². The zero-order valence-electron chi connectivity index (χ0n) is 9.79. The van der Waals surface area contributed by atoms with Crippen molar-refractivity contribution in [2.45, 2.75) is 0 Å². The summed E-state index contributed by atoms with van der Waals surface area (Å²) >= 11 is 0. The second-order valence-corrected chi connectivity index (χ2v) is 3.63. The Morgan fingerprint density at radius 2 is 1.89 bits per heavy atom. The molecule has 18 heavy (non-hydrogen) atoms. The lowest BCUT2D eigenvalue weighted by Gasteiger charge is -2.03. The van der Waals surface area contributed by atoms with E-state index in [2.05, 4.69) is 9.72 Å². The predicted octanol–water partition coefficient (Wildman–Crippen LogP) is 2.35. The van der Waals surface area contributed by atoms with Gasteiger partial charge in [-0.15, -0.1) is 0 Å². The first-order valence-electron chi connectivity index (χ1n) is 5.35. The molecule has 0 amide bonds. The largest absolute Gasteiger partial charge is 0.465 e. The van der Waals surface area contributed by atoms with Crippen LogP contribution in [0.1, 0.15) is 20.8 Å². The van der Waals surface area contributed by atoms with Crippen LogP contribution in [0.25, 0.3) is 11.3 Å². The van der Waals surface area contributed by atoms with Crippen molar-refractivity contribution in [3.63, 3.8) is 0 Å². The van der Waals surface area contributed by atoms with Gasteiger partial charge in [0.2, 0.25) is 0 Å². The molecule has 0 bridgehead atoms. The summed E-state index contributed by atoms with van der Waals surface area (Å²) in [5.41, 5.74) is 2.39. The Kier molecular flexibility index (Phi) is 3.48. The molecule has 4 nitrogen and oxygen atoms in total. The standard InChI is InChI=1S/C14H11NO3/c1-18-14(17)11-7-5-10(6-8-11)13-4-2-3-12(9-16)15-13/h2-9H,1H3. The van der Waals surface area contributed by atoms with Gasteiger partial charge in [0.25, 0.3) is 0 Å². The van der Waals surface area contributed by atoms with E-state index in [1.807, 2.05) is 0 Å². The Labute approximate surface area is 104 Å². The van der Waals surface area contributed by atoms with E-state index in [1.165, 1.54) is 7.11 Å². The summed E-state index contributed by atoms with van der Waals surface area (Å²) in [6, 6.07) is 12.1. The minimum atomic E-state index is -0.379. The first kappa shape index (κ1) is 12.0. The highest BCUT2D eigenvalue weighted by molar-refractivity contribution is 5.89. The lowest BCUT2D eigenvalue weighted by Crippen LogP contribution is -2.00. The number of benzene rings is 1. The van der Waals surface area contributed by atoms with Crippen molar-refractivity contribution in [3.05, 3.63) is 53.7 Å². The molecule has 0 unspecified atom stereocenters. The number of ether oxygens (including phenoxy) is 1. The number of rotatable bonds is 3. The topological polar surface area (TPSA) is 56.3 Å². The average molecular weight is 241 g/mol. The Balaban J connectivity index is 2.33. The first-order chi connectivity index (χ1) is 8.74. The van der Waals surface area contributed by atoms with Gasteiger partial charge in [0.05, 0.1) is 18.4 Å². The summed E-state index contributed by atoms with van der Waals surface area (Å²) in [6.07, 6.45) is 0.701. The molecular formula is C14H11NO3. The fourth-order valence-corrected chi connectivity index (χ4v) is 1.57. The molecule has 0 aliphatic heterocycles. The highest BCUT2D eigenvalue weighted by Gasteiger charge is 2.06. The second kappa shape index (κ2) is 5.23. The molecule has 1 aromatic carbocycles. The summed E-state index contributed by atoms with van der Waals surface area (Å²) in [7, 11) is 1.34. The van der Waals surface area contributed by atoms with E-state index in [9.17, 15) is 9.59 Å². The van der Waals surface area contributed by atoms with Crippen LogP contribution in [0.5, 0.6) is 0 Å². The summed E-state index contributed by atoms with van der Waals surface area (Å²) in [4.78, 5) is 26.1. The molecule has 1 aromatic heterocycles. The quantitative estimate of drug-likeness (QED) is 0.611. The van der Waals surface area contributed by atoms with Gasteiger partial charge in [0.1, 0.15) is 5.69 Å². The number of esters is 1. The Morgan fingerprint density at radius 3 is 2.50 bits per heavy atom. The van der Waals surface area contributed by atoms with E-state index < -0.39 is 0 Å². The van der Waals surface area contributed by atoms with Gasteiger partial charge in [0, 0.05) is 5.56 Å². The van der Waals surface area contributed by atoms with E-state index in [0.717, 1.165) is 5.56 Å². The number of pyridine rings is 1. The number of nitrogens with zero attached hydrogens (tertiary/aromatic N) is 1. The van der Waals surface area contributed by atoms with E-state index in [0.29, 0.717) is 23.2 Å². The van der Waals surface area contributed by atoms with Crippen molar-refractivity contribution in [2.75, 3.05) is 7.11 Å². The van der Waals surface area contributed by atoms with E-state index in [1.54, 1.807) is 42.5 Å². The van der Waals surface area contributed by atoms with E-state index >= 15 is 0 Å². The van der Waals surface area contributed by atoms with Crippen LogP contribution in [0.4, 0.5) is 0 Å². The molecule has 2 rings (SSSR count). The second-order valence-electron chi connectivity index (χ2n) is 3.63. The number of carbonyl (C=O) groups is 2. The number of carbonyl (C=O) groups excluding carboxylic acids is 2. The van der Waals surface area contributed by atoms with Gasteiger partial charge in [-0.1, -0.05) is 18.2 Å². The molecule has 2 aromatic rings. The lowest BCUT2D eigenvalue weighted by atomic mass is 10.1. The summed E-state index contributed by atoms with van der Waals surface area (Å²) < 4.78 is 4.62. The molecule has 0 atom stereocenters. The molecule has 0 aliphatic rings. The van der Waals surface area contributed by atoms with Gasteiger partial charge in [0.15, 0.2) is 6.29 Å². The summed E-state index contributed by atoms with van der Waals surface area (Å²) in [5.74, 6) is -0.379. The predicted molar refractivity (Wildman–Crippen MR) is 66.4 cm³/mol. The average Bonchev–Trinajstić information content (AvgIpc) is 2.46. The van der Waals surface area contributed by atoms with Crippen molar-refractivity contribution in [1.82, 2.24) is 4.98 Å². The van der Waals surface area contributed by atoms with Crippen LogP contribution in [0.15, 0.2) is 42.5 Å². The molecule has 0 fully saturated rings. The highest BCUT2D eigenvalue weighted by atomic mass is 16.5. The van der Waals surface area contributed by atoms with Crippen molar-refractivity contribution in [3.8, 4) is 11.3 Å². The van der Waals surface area contributed by atoms with Crippen LogP contribution in [-0.4, -0.2) is 24.3 Å². The number of aldehydes is 1. The van der Waals surface area contributed by atoms with Gasteiger partial charge in [-0.2, -0.15) is 0 Å². The first-order valence-corrected chi connectivity index (χ1v) is 5.35. The third-order valence-corrected chi connectivity index (χ3v) is 2.49. The van der Waals surface area contributed by atoms with Crippen LogP contribution in [0.3, 0.4) is 0 Å². The van der Waals surface area contributed by atoms with Gasteiger partial charge in [-0.25, -0.2) is 9.78 Å². The molecule has 1 heterocycles. The third-order valence-electron chi connectivity index (χ3n) is 2.49. The highest BCUT2D eigenvalue weighted by Crippen LogP contribution is 2.17. The molecule has 0 N–H and O–H groups in total. The summed E-state index contributed by atoms with van der Waals surface area (Å²) in [5, 5.41) is 0. The van der Waals surface area contributed by atoms with Gasteiger partial charge in [-0.3, -0.25) is 4.79 Å². The van der Waals surface area contributed by atoms with Crippen LogP contribution < -0.4 is 0 Å². The number of hydrogen-bond acceptors (Lipinski definition) is 4. The smallest absolute Gasteiger partial charge is 0.337 e. The fourth-order valence-electron chi connectivity index (χ4n) is 1.57. The SMILES string of the molecule is COC(=O)c1ccc(-c2cccc(C=O)n2)cc1. The van der Waals surface area contributed by atoms with Gasteiger partial charge in [-0.05, 0) is 24.3 Å². The van der Waals surface area contributed by atoms with Gasteiger partial charge < -0.3 is 4.74 Å². The number of aromatic nitrogens is 1. The lowest BCUT2D eigenvalue weighted by molar-refractivity contribution is 0.0600. The molecular weight excluding hydrogens is 230 g/mol. The molecule has 90 valence electrons. The van der Waals surface area contributed by atoms with Crippen molar-refractivity contribution < 1.29 is 14.3 Å². The number of hydrogen-bond donors (Lipinski definition) is 0. The van der Waals surface area contributed by atoms with E-state index in [4.69, 9.17) is 0 Å². The molecule has 0 radical (unpaired) electrons. The monoisotopic (exact) mass is 241 g/mol. The Bertz CT molecular complexity index is 576. The minimum Gasteiger partial charge on any atom is -0.465 e. The normalized spacial score (nSPS) is 9.83. The third kappa shape index (κ3) is 2.43. The van der Waals surface area contributed by atoms with E-state index in [-0.39, 0.29) is 5.97 Å². The fraction of sp³-hybridized carbons (Fsp3) is 0.0714. The zero-order chi connectivity index (χ0) is 13.0. The number of methoxy groups -OCH3 is 1. The molecule has 0 saturated carbocycles. The van der Waals surface area contributed by atoms with Crippen molar-refractivity contribution >= 4 is 12.3 Å². The maximum absolute atomic E-state index is 11.3. The van der Waals surface area contributed by atoms with Crippen LogP contribution in [0, 0.1) is 0 Å². The molecule has 0 spiro atoms. The summed E-state index contributed by atoms with van der Waals surface area (Å²) in [6.45, 7) is 0. The van der Waals surface area contributed by atoms with Gasteiger partial charge >= 0.3 is 5.97 Å².